The number of ether oxygens (including phenoxy) is 1. The fourth-order valence-corrected chi connectivity index (χ4v) is 6.88. The number of benzene rings is 1. The summed E-state index contributed by atoms with van der Waals surface area (Å²) < 4.78 is 38.3. The molecular formula is C24H29N5O5S2. The van der Waals surface area contributed by atoms with Gasteiger partial charge in [0.25, 0.3) is 0 Å². The van der Waals surface area contributed by atoms with Crippen molar-refractivity contribution in [3.63, 3.8) is 0 Å². The number of piperidine rings is 1. The molecule has 1 aromatic carbocycles. The molecule has 12 heteroatoms. The maximum Gasteiger partial charge on any atom is 0.243 e. The zero-order valence-corrected chi connectivity index (χ0v) is 21.7. The third-order valence-electron chi connectivity index (χ3n) is 6.58. The molecule has 0 radical (unpaired) electrons. The molecule has 5 rings (SSSR count). The van der Waals surface area contributed by atoms with Gasteiger partial charge in [0.05, 0.1) is 35.0 Å². The van der Waals surface area contributed by atoms with Crippen molar-refractivity contribution in [1.82, 2.24) is 19.3 Å². The number of aromatic nitrogens is 2. The summed E-state index contributed by atoms with van der Waals surface area (Å²) in [4.78, 5) is 20.9. The van der Waals surface area contributed by atoms with Crippen LogP contribution in [-0.4, -0.2) is 67.0 Å². The van der Waals surface area contributed by atoms with Crippen LogP contribution in [0.3, 0.4) is 0 Å². The summed E-state index contributed by atoms with van der Waals surface area (Å²) in [6, 6.07) is 8.50. The maximum atomic E-state index is 13.2. The maximum absolute atomic E-state index is 13.2. The monoisotopic (exact) mass is 531 g/mol. The van der Waals surface area contributed by atoms with Gasteiger partial charge in [-0.05, 0) is 61.9 Å². The van der Waals surface area contributed by atoms with E-state index in [4.69, 9.17) is 9.26 Å². The standard InChI is InChI=1S/C24H29N5O5S2/c1-33-20-9-8-18(36(31,32)29-11-2-3-12-29)14-19(20)25-24(30)17-6-4-10-28(15-17)16-22-26-23(27-34-22)21-7-5-13-35-21/h5,7-9,13-14,17H,2-4,6,10-12,15-16H2,1H3,(H,25,30). The van der Waals surface area contributed by atoms with E-state index in [1.807, 2.05) is 17.5 Å². The second kappa shape index (κ2) is 10.7. The number of anilines is 1. The number of carbonyl (C=O) groups excluding carboxylic acids is 1. The Morgan fingerprint density at radius 2 is 2.06 bits per heavy atom. The van der Waals surface area contributed by atoms with Gasteiger partial charge in [-0.2, -0.15) is 9.29 Å². The number of rotatable bonds is 8. The Morgan fingerprint density at radius 1 is 1.22 bits per heavy atom. The van der Waals surface area contributed by atoms with E-state index in [-0.39, 0.29) is 16.7 Å². The van der Waals surface area contributed by atoms with Crippen LogP contribution in [0.1, 0.15) is 31.6 Å². The molecule has 1 amide bonds. The first-order chi connectivity index (χ1) is 17.4. The molecule has 2 aromatic heterocycles. The summed E-state index contributed by atoms with van der Waals surface area (Å²) >= 11 is 1.55. The van der Waals surface area contributed by atoms with Crippen molar-refractivity contribution < 1.29 is 22.5 Å². The van der Waals surface area contributed by atoms with Crippen molar-refractivity contribution in [3.8, 4) is 16.5 Å². The summed E-state index contributed by atoms with van der Waals surface area (Å²) in [5, 5.41) is 8.94. The minimum absolute atomic E-state index is 0.156. The van der Waals surface area contributed by atoms with Crippen molar-refractivity contribution in [2.75, 3.05) is 38.6 Å². The van der Waals surface area contributed by atoms with Gasteiger partial charge in [0.1, 0.15) is 5.75 Å². The Labute approximate surface area is 214 Å². The number of likely N-dealkylation sites (tertiary alicyclic amines) is 1. The number of hydrogen-bond acceptors (Lipinski definition) is 9. The van der Waals surface area contributed by atoms with Crippen molar-refractivity contribution in [2.45, 2.75) is 37.1 Å². The molecule has 4 heterocycles. The highest BCUT2D eigenvalue weighted by atomic mass is 32.2. The summed E-state index contributed by atoms with van der Waals surface area (Å²) in [6.45, 7) is 2.87. The van der Waals surface area contributed by atoms with Crippen LogP contribution in [0.2, 0.25) is 0 Å². The van der Waals surface area contributed by atoms with Gasteiger partial charge in [-0.25, -0.2) is 8.42 Å². The SMILES string of the molecule is COc1ccc(S(=O)(=O)N2CCCC2)cc1NC(=O)C1CCCN(Cc2nc(-c3cccs3)no2)C1. The second-order valence-corrected chi connectivity index (χ2v) is 11.9. The van der Waals surface area contributed by atoms with Crippen molar-refractivity contribution in [3.05, 3.63) is 41.6 Å². The van der Waals surface area contributed by atoms with Crippen LogP contribution >= 0.6 is 11.3 Å². The Kier molecular flexibility index (Phi) is 7.37. The van der Waals surface area contributed by atoms with Crippen LogP contribution in [0.4, 0.5) is 5.69 Å². The summed E-state index contributed by atoms with van der Waals surface area (Å²) in [6.07, 6.45) is 3.30. The number of hydrogen-bond donors (Lipinski definition) is 1. The minimum atomic E-state index is -3.61. The largest absolute Gasteiger partial charge is 0.495 e. The van der Waals surface area contributed by atoms with Gasteiger partial charge in [-0.3, -0.25) is 9.69 Å². The highest BCUT2D eigenvalue weighted by Crippen LogP contribution is 2.31. The molecule has 2 fully saturated rings. The van der Waals surface area contributed by atoms with E-state index < -0.39 is 10.0 Å². The van der Waals surface area contributed by atoms with E-state index in [0.717, 1.165) is 37.1 Å². The number of carbonyl (C=O) groups is 1. The van der Waals surface area contributed by atoms with Gasteiger partial charge in [0.15, 0.2) is 0 Å². The van der Waals surface area contributed by atoms with Crippen molar-refractivity contribution in [1.29, 1.82) is 0 Å². The summed E-state index contributed by atoms with van der Waals surface area (Å²) in [5.41, 5.74) is 0.359. The normalized spacial score (nSPS) is 19.4. The molecule has 192 valence electrons. The molecule has 1 unspecified atom stereocenters. The average molecular weight is 532 g/mol. The molecule has 1 N–H and O–H groups in total. The first-order valence-electron chi connectivity index (χ1n) is 12.0. The number of sulfonamides is 1. The van der Waals surface area contributed by atoms with E-state index in [0.29, 0.717) is 49.3 Å². The Balaban J connectivity index is 1.25. The zero-order valence-electron chi connectivity index (χ0n) is 20.1. The smallest absolute Gasteiger partial charge is 0.243 e. The zero-order chi connectivity index (χ0) is 25.1. The predicted molar refractivity (Wildman–Crippen MR) is 135 cm³/mol. The van der Waals surface area contributed by atoms with E-state index in [2.05, 4.69) is 20.4 Å². The lowest BCUT2D eigenvalue weighted by atomic mass is 9.97. The van der Waals surface area contributed by atoms with E-state index in [1.54, 1.807) is 17.4 Å². The number of amides is 1. The van der Waals surface area contributed by atoms with Crippen LogP contribution in [-0.2, 0) is 21.4 Å². The molecule has 2 saturated heterocycles. The second-order valence-electron chi connectivity index (χ2n) is 9.03. The van der Waals surface area contributed by atoms with Crippen LogP contribution in [0.15, 0.2) is 45.1 Å². The molecule has 0 saturated carbocycles. The molecule has 2 aliphatic heterocycles. The van der Waals surface area contributed by atoms with Crippen molar-refractivity contribution in [2.24, 2.45) is 5.92 Å². The molecule has 10 nitrogen and oxygen atoms in total. The van der Waals surface area contributed by atoms with Gasteiger partial charge in [-0.15, -0.1) is 11.3 Å². The lowest BCUT2D eigenvalue weighted by Gasteiger charge is -2.31. The summed E-state index contributed by atoms with van der Waals surface area (Å²) in [5.74, 6) is 1.08. The predicted octanol–water partition coefficient (Wildman–Crippen LogP) is 3.44. The van der Waals surface area contributed by atoms with Crippen LogP contribution < -0.4 is 10.1 Å². The van der Waals surface area contributed by atoms with Crippen LogP contribution in [0, 0.1) is 5.92 Å². The molecule has 1 atom stereocenters. The average Bonchev–Trinajstić information content (AvgIpc) is 3.67. The first kappa shape index (κ1) is 24.9. The Hall–Kier alpha value is -2.80. The fourth-order valence-electron chi connectivity index (χ4n) is 4.69. The lowest BCUT2D eigenvalue weighted by molar-refractivity contribution is -0.121. The molecule has 0 aliphatic carbocycles. The fraction of sp³-hybridized carbons (Fsp3) is 0.458. The van der Waals surface area contributed by atoms with Crippen LogP contribution in [0.5, 0.6) is 5.75 Å². The lowest BCUT2D eigenvalue weighted by Crippen LogP contribution is -2.40. The third-order valence-corrected chi connectivity index (χ3v) is 9.34. The molecule has 3 aromatic rings. The summed E-state index contributed by atoms with van der Waals surface area (Å²) in [7, 11) is -2.11. The van der Waals surface area contributed by atoms with Gasteiger partial charge in [0, 0.05) is 19.6 Å². The minimum Gasteiger partial charge on any atom is -0.495 e. The van der Waals surface area contributed by atoms with E-state index >= 15 is 0 Å². The quantitative estimate of drug-likeness (QED) is 0.470. The number of thiophene rings is 1. The Bertz CT molecular complexity index is 1300. The van der Waals surface area contributed by atoms with Gasteiger partial charge in [0.2, 0.25) is 27.6 Å². The van der Waals surface area contributed by atoms with Gasteiger partial charge < -0.3 is 14.6 Å². The molecule has 36 heavy (non-hydrogen) atoms. The van der Waals surface area contributed by atoms with E-state index in [9.17, 15) is 13.2 Å². The van der Waals surface area contributed by atoms with Gasteiger partial charge in [-0.1, -0.05) is 11.2 Å². The number of nitrogens with zero attached hydrogens (tertiary/aromatic N) is 4. The number of nitrogens with one attached hydrogen (secondary N) is 1. The van der Waals surface area contributed by atoms with Gasteiger partial charge >= 0.3 is 0 Å². The molecule has 2 aliphatic rings. The topological polar surface area (TPSA) is 118 Å². The molecule has 0 spiro atoms. The Morgan fingerprint density at radius 3 is 2.81 bits per heavy atom. The van der Waals surface area contributed by atoms with Crippen LogP contribution in [0.25, 0.3) is 10.7 Å². The molecule has 0 bridgehead atoms. The molecular weight excluding hydrogens is 502 g/mol. The number of methoxy groups -OCH3 is 1. The van der Waals surface area contributed by atoms with Crippen molar-refractivity contribution >= 4 is 33.0 Å². The van der Waals surface area contributed by atoms with E-state index in [1.165, 1.54) is 23.5 Å². The highest BCUT2D eigenvalue weighted by molar-refractivity contribution is 7.89. The first-order valence-corrected chi connectivity index (χ1v) is 14.3. The highest BCUT2D eigenvalue weighted by Gasteiger charge is 2.30. The third kappa shape index (κ3) is 5.31.